The molecule has 4 aromatic rings. The number of halogens is 1. The van der Waals surface area contributed by atoms with Crippen LogP contribution in [0.2, 0.25) is 0 Å². The SMILES string of the molecule is COc1cccc(-n2c(SCc3cccc(F)c3)nc3cc(C(=O)N4CCOCC4)ccc3c2=O)c1. The Kier molecular flexibility index (Phi) is 7.02. The predicted molar refractivity (Wildman–Crippen MR) is 137 cm³/mol. The van der Waals surface area contributed by atoms with Gasteiger partial charge in [-0.1, -0.05) is 30.0 Å². The molecule has 0 unspecified atom stereocenters. The van der Waals surface area contributed by atoms with Crippen LogP contribution in [0.15, 0.2) is 76.7 Å². The summed E-state index contributed by atoms with van der Waals surface area (Å²) in [5.41, 5.74) is 2.00. The second-order valence-corrected chi connectivity index (χ2v) is 9.23. The summed E-state index contributed by atoms with van der Waals surface area (Å²) < 4.78 is 25.9. The lowest BCUT2D eigenvalue weighted by molar-refractivity contribution is 0.0303. The normalized spacial score (nSPS) is 13.7. The topological polar surface area (TPSA) is 73.7 Å². The Morgan fingerprint density at radius 1 is 1.08 bits per heavy atom. The molecule has 1 amide bonds. The monoisotopic (exact) mass is 505 g/mol. The van der Waals surface area contributed by atoms with Crippen molar-refractivity contribution in [2.24, 2.45) is 0 Å². The largest absolute Gasteiger partial charge is 0.497 e. The summed E-state index contributed by atoms with van der Waals surface area (Å²) in [6, 6.07) is 18.5. The van der Waals surface area contributed by atoms with Crippen molar-refractivity contribution in [3.05, 3.63) is 94.0 Å². The fraction of sp³-hybridized carbons (Fsp3) is 0.222. The molecule has 0 N–H and O–H groups in total. The minimum atomic E-state index is -0.323. The number of fused-ring (bicyclic) bond motifs is 1. The first-order valence-corrected chi connectivity index (χ1v) is 12.5. The van der Waals surface area contributed by atoms with Crippen LogP contribution in [0.4, 0.5) is 4.39 Å². The molecule has 184 valence electrons. The van der Waals surface area contributed by atoms with Gasteiger partial charge in [-0.2, -0.15) is 0 Å². The van der Waals surface area contributed by atoms with Gasteiger partial charge in [0.05, 0.1) is 36.9 Å². The van der Waals surface area contributed by atoms with Gasteiger partial charge < -0.3 is 14.4 Å². The van der Waals surface area contributed by atoms with Crippen molar-refractivity contribution in [2.75, 3.05) is 33.4 Å². The van der Waals surface area contributed by atoms with Gasteiger partial charge >= 0.3 is 0 Å². The van der Waals surface area contributed by atoms with E-state index >= 15 is 0 Å². The van der Waals surface area contributed by atoms with Gasteiger partial charge in [0.15, 0.2) is 5.16 Å². The molecule has 1 aromatic heterocycles. The first kappa shape index (κ1) is 24.0. The van der Waals surface area contributed by atoms with Gasteiger partial charge in [-0.25, -0.2) is 9.37 Å². The Bertz CT molecular complexity index is 1480. The van der Waals surface area contributed by atoms with E-state index in [1.54, 1.807) is 60.5 Å². The number of nitrogens with zero attached hydrogens (tertiary/aromatic N) is 3. The summed E-state index contributed by atoms with van der Waals surface area (Å²) in [5, 5.41) is 0.826. The Labute approximate surface area is 211 Å². The third-order valence-corrected chi connectivity index (χ3v) is 6.96. The van der Waals surface area contributed by atoms with Crippen LogP contribution in [0.1, 0.15) is 15.9 Å². The van der Waals surface area contributed by atoms with E-state index in [0.29, 0.717) is 65.1 Å². The molecular weight excluding hydrogens is 481 g/mol. The number of morpholine rings is 1. The Hall–Kier alpha value is -3.69. The molecule has 0 atom stereocenters. The van der Waals surface area contributed by atoms with Crippen LogP contribution in [0.3, 0.4) is 0 Å². The van der Waals surface area contributed by atoms with E-state index in [-0.39, 0.29) is 17.3 Å². The lowest BCUT2D eigenvalue weighted by Gasteiger charge is -2.26. The Balaban J connectivity index is 1.59. The van der Waals surface area contributed by atoms with Crippen molar-refractivity contribution in [1.82, 2.24) is 14.5 Å². The third kappa shape index (κ3) is 4.98. The Morgan fingerprint density at radius 2 is 1.89 bits per heavy atom. The van der Waals surface area contributed by atoms with Crippen LogP contribution in [0, 0.1) is 5.82 Å². The summed E-state index contributed by atoms with van der Waals surface area (Å²) in [4.78, 5) is 33.2. The molecule has 0 aliphatic carbocycles. The summed E-state index contributed by atoms with van der Waals surface area (Å²) in [6.45, 7) is 2.06. The molecule has 9 heteroatoms. The summed E-state index contributed by atoms with van der Waals surface area (Å²) >= 11 is 1.32. The number of hydrogen-bond acceptors (Lipinski definition) is 6. The molecular formula is C27H24FN3O4S. The van der Waals surface area contributed by atoms with Gasteiger partial charge in [0, 0.05) is 30.5 Å². The van der Waals surface area contributed by atoms with E-state index in [2.05, 4.69) is 0 Å². The molecule has 0 radical (unpaired) electrons. The first-order chi connectivity index (χ1) is 17.5. The molecule has 0 bridgehead atoms. The zero-order valence-corrected chi connectivity index (χ0v) is 20.5. The van der Waals surface area contributed by atoms with Gasteiger partial charge in [0.2, 0.25) is 0 Å². The number of hydrogen-bond donors (Lipinski definition) is 0. The van der Waals surface area contributed by atoms with Crippen molar-refractivity contribution in [2.45, 2.75) is 10.9 Å². The smallest absolute Gasteiger partial charge is 0.266 e. The number of thioether (sulfide) groups is 1. The van der Waals surface area contributed by atoms with Crippen LogP contribution < -0.4 is 10.3 Å². The molecule has 0 spiro atoms. The van der Waals surface area contributed by atoms with Crippen molar-refractivity contribution in [1.29, 1.82) is 0 Å². The van der Waals surface area contributed by atoms with E-state index in [1.807, 2.05) is 6.07 Å². The lowest BCUT2D eigenvalue weighted by atomic mass is 10.1. The molecule has 1 aliphatic rings. The number of carbonyl (C=O) groups excluding carboxylic acids is 1. The number of carbonyl (C=O) groups is 1. The maximum absolute atomic E-state index is 13.7. The van der Waals surface area contributed by atoms with Gasteiger partial charge in [-0.05, 0) is 48.0 Å². The van der Waals surface area contributed by atoms with Gasteiger partial charge in [-0.15, -0.1) is 0 Å². The number of amides is 1. The number of rotatable bonds is 6. The highest BCUT2D eigenvalue weighted by Gasteiger charge is 2.21. The highest BCUT2D eigenvalue weighted by Crippen LogP contribution is 2.27. The summed E-state index contributed by atoms with van der Waals surface area (Å²) in [7, 11) is 1.56. The molecule has 1 fully saturated rings. The summed E-state index contributed by atoms with van der Waals surface area (Å²) in [5.74, 6) is 0.572. The van der Waals surface area contributed by atoms with Crippen molar-refractivity contribution >= 4 is 28.6 Å². The average molecular weight is 506 g/mol. The van der Waals surface area contributed by atoms with Crippen molar-refractivity contribution in [3.8, 4) is 11.4 Å². The van der Waals surface area contributed by atoms with Crippen LogP contribution in [0.5, 0.6) is 5.75 Å². The molecule has 5 rings (SSSR count). The highest BCUT2D eigenvalue weighted by molar-refractivity contribution is 7.98. The molecule has 36 heavy (non-hydrogen) atoms. The number of ether oxygens (including phenoxy) is 2. The molecule has 3 aromatic carbocycles. The standard InChI is InChI=1S/C27H24FN3O4S/c1-34-22-7-3-6-21(16-22)31-26(33)23-9-8-19(25(32)30-10-12-35-13-11-30)15-24(23)29-27(31)36-17-18-4-2-5-20(28)14-18/h2-9,14-16H,10-13,17H2,1H3. The predicted octanol–water partition coefficient (Wildman–Crippen LogP) is 4.30. The molecule has 0 saturated carbocycles. The van der Waals surface area contributed by atoms with E-state index < -0.39 is 0 Å². The molecule has 7 nitrogen and oxygen atoms in total. The zero-order chi connectivity index (χ0) is 25.1. The maximum atomic E-state index is 13.7. The van der Waals surface area contributed by atoms with Gasteiger partial charge in [0.1, 0.15) is 11.6 Å². The van der Waals surface area contributed by atoms with Crippen molar-refractivity contribution in [3.63, 3.8) is 0 Å². The van der Waals surface area contributed by atoms with Crippen LogP contribution in [-0.2, 0) is 10.5 Å². The van der Waals surface area contributed by atoms with Crippen LogP contribution in [-0.4, -0.2) is 53.8 Å². The second-order valence-electron chi connectivity index (χ2n) is 8.29. The van der Waals surface area contributed by atoms with Crippen LogP contribution in [0.25, 0.3) is 16.6 Å². The van der Waals surface area contributed by atoms with E-state index in [9.17, 15) is 14.0 Å². The van der Waals surface area contributed by atoms with E-state index in [1.165, 1.54) is 28.5 Å². The molecule has 2 heterocycles. The fourth-order valence-electron chi connectivity index (χ4n) is 4.10. The van der Waals surface area contributed by atoms with Gasteiger partial charge in [0.25, 0.3) is 11.5 Å². The minimum absolute atomic E-state index is 0.118. The second kappa shape index (κ2) is 10.5. The van der Waals surface area contributed by atoms with Crippen molar-refractivity contribution < 1.29 is 18.7 Å². The lowest BCUT2D eigenvalue weighted by Crippen LogP contribution is -2.40. The number of aromatic nitrogens is 2. The minimum Gasteiger partial charge on any atom is -0.497 e. The molecule has 1 saturated heterocycles. The quantitative estimate of drug-likeness (QED) is 0.287. The highest BCUT2D eigenvalue weighted by atomic mass is 32.2. The van der Waals surface area contributed by atoms with Crippen LogP contribution >= 0.6 is 11.8 Å². The fourth-order valence-corrected chi connectivity index (χ4v) is 5.05. The zero-order valence-electron chi connectivity index (χ0n) is 19.6. The van der Waals surface area contributed by atoms with Gasteiger partial charge in [-0.3, -0.25) is 14.2 Å². The average Bonchev–Trinajstić information content (AvgIpc) is 2.92. The molecule has 1 aliphatic heterocycles. The Morgan fingerprint density at radius 3 is 2.67 bits per heavy atom. The first-order valence-electron chi connectivity index (χ1n) is 11.5. The number of benzene rings is 3. The maximum Gasteiger partial charge on any atom is 0.266 e. The van der Waals surface area contributed by atoms with E-state index in [0.717, 1.165) is 5.56 Å². The third-order valence-electron chi connectivity index (χ3n) is 5.95. The summed E-state index contributed by atoms with van der Waals surface area (Å²) in [6.07, 6.45) is 0. The van der Waals surface area contributed by atoms with E-state index in [4.69, 9.17) is 14.5 Å². The number of methoxy groups -OCH3 is 1.